The Morgan fingerprint density at radius 2 is 1.72 bits per heavy atom. The molecule has 0 bridgehead atoms. The van der Waals surface area contributed by atoms with Gasteiger partial charge in [0.25, 0.3) is 11.1 Å². The summed E-state index contributed by atoms with van der Waals surface area (Å²) in [6, 6.07) is 21.4. The van der Waals surface area contributed by atoms with Gasteiger partial charge < -0.3 is 19.8 Å². The zero-order valence-electron chi connectivity index (χ0n) is 17.3. The van der Waals surface area contributed by atoms with E-state index < -0.39 is 0 Å². The fourth-order valence-corrected chi connectivity index (χ4v) is 3.65. The minimum Gasteiger partial charge on any atom is -0.494 e. The quantitative estimate of drug-likeness (QED) is 0.360. The molecule has 0 saturated carbocycles. The van der Waals surface area contributed by atoms with E-state index in [2.05, 4.69) is 15.6 Å². The number of para-hydroxylation sites is 3. The largest absolute Gasteiger partial charge is 0.494 e. The molecule has 0 saturated heterocycles. The highest BCUT2D eigenvalue weighted by atomic mass is 32.2. The van der Waals surface area contributed by atoms with Gasteiger partial charge in [0.15, 0.2) is 5.58 Å². The highest BCUT2D eigenvalue weighted by Crippen LogP contribution is 2.24. The van der Waals surface area contributed by atoms with E-state index in [-0.39, 0.29) is 17.6 Å². The van der Waals surface area contributed by atoms with E-state index in [9.17, 15) is 9.59 Å². The summed E-state index contributed by atoms with van der Waals surface area (Å²) in [5.41, 5.74) is 2.84. The van der Waals surface area contributed by atoms with Crippen molar-refractivity contribution in [3.8, 4) is 5.75 Å². The Morgan fingerprint density at radius 1 is 0.969 bits per heavy atom. The van der Waals surface area contributed by atoms with Gasteiger partial charge in [0.2, 0.25) is 5.91 Å². The minimum absolute atomic E-state index is 0.0989. The molecule has 0 fully saturated rings. The lowest BCUT2D eigenvalue weighted by Crippen LogP contribution is -2.19. The lowest BCUT2D eigenvalue weighted by atomic mass is 10.1. The number of benzene rings is 3. The van der Waals surface area contributed by atoms with E-state index >= 15 is 0 Å². The van der Waals surface area contributed by atoms with E-state index in [1.165, 1.54) is 11.8 Å². The molecule has 1 heterocycles. The van der Waals surface area contributed by atoms with Gasteiger partial charge in [-0.1, -0.05) is 36.0 Å². The van der Waals surface area contributed by atoms with E-state index in [1.807, 2.05) is 31.2 Å². The first-order valence-corrected chi connectivity index (χ1v) is 11.0. The van der Waals surface area contributed by atoms with Crippen LogP contribution in [0.4, 0.5) is 11.4 Å². The van der Waals surface area contributed by atoms with Crippen molar-refractivity contribution < 1.29 is 18.7 Å². The fraction of sp³-hybridized carbons (Fsp3) is 0.125. The summed E-state index contributed by atoms with van der Waals surface area (Å²) in [5, 5.41) is 6.05. The molecule has 162 valence electrons. The first-order valence-electron chi connectivity index (χ1n) is 10.0. The Morgan fingerprint density at radius 3 is 2.50 bits per heavy atom. The van der Waals surface area contributed by atoms with Gasteiger partial charge in [-0.2, -0.15) is 0 Å². The third kappa shape index (κ3) is 5.28. The van der Waals surface area contributed by atoms with Crippen LogP contribution in [-0.2, 0) is 4.79 Å². The van der Waals surface area contributed by atoms with Crippen molar-refractivity contribution in [1.29, 1.82) is 0 Å². The highest BCUT2D eigenvalue weighted by molar-refractivity contribution is 7.99. The monoisotopic (exact) mass is 447 g/mol. The van der Waals surface area contributed by atoms with Crippen molar-refractivity contribution in [1.82, 2.24) is 4.98 Å². The van der Waals surface area contributed by atoms with Crippen LogP contribution in [0.25, 0.3) is 11.1 Å². The summed E-state index contributed by atoms with van der Waals surface area (Å²) < 4.78 is 11.0. The Kier molecular flexibility index (Phi) is 6.72. The number of thioether (sulfide) groups is 1. The van der Waals surface area contributed by atoms with Gasteiger partial charge in [-0.3, -0.25) is 9.59 Å². The predicted molar refractivity (Wildman–Crippen MR) is 125 cm³/mol. The second-order valence-electron chi connectivity index (χ2n) is 6.74. The summed E-state index contributed by atoms with van der Waals surface area (Å²) in [5.74, 6) is 0.242. The number of rotatable bonds is 8. The third-order valence-corrected chi connectivity index (χ3v) is 5.30. The van der Waals surface area contributed by atoms with Crippen LogP contribution in [0.15, 0.2) is 82.4 Å². The predicted octanol–water partition coefficient (Wildman–Crippen LogP) is 5.21. The number of hydrogen-bond acceptors (Lipinski definition) is 6. The van der Waals surface area contributed by atoms with Crippen LogP contribution in [0.2, 0.25) is 0 Å². The van der Waals surface area contributed by atoms with Crippen LogP contribution in [0, 0.1) is 0 Å². The number of carbonyl (C=O) groups excluding carboxylic acids is 2. The van der Waals surface area contributed by atoms with Crippen molar-refractivity contribution in [2.24, 2.45) is 0 Å². The van der Waals surface area contributed by atoms with Crippen molar-refractivity contribution >= 4 is 46.1 Å². The van der Waals surface area contributed by atoms with E-state index in [0.29, 0.717) is 34.4 Å². The molecule has 0 radical (unpaired) electrons. The van der Waals surface area contributed by atoms with Crippen LogP contribution >= 0.6 is 11.8 Å². The Balaban J connectivity index is 1.38. The van der Waals surface area contributed by atoms with Crippen LogP contribution in [0.1, 0.15) is 17.3 Å². The fourth-order valence-electron chi connectivity index (χ4n) is 3.02. The minimum atomic E-state index is -0.323. The summed E-state index contributed by atoms with van der Waals surface area (Å²) in [6.07, 6.45) is 0. The topological polar surface area (TPSA) is 93.5 Å². The zero-order valence-corrected chi connectivity index (χ0v) is 18.1. The molecule has 32 heavy (non-hydrogen) atoms. The normalized spacial score (nSPS) is 10.7. The maximum Gasteiger partial charge on any atom is 0.257 e. The third-order valence-electron chi connectivity index (χ3n) is 4.47. The first-order chi connectivity index (χ1) is 15.6. The Hall–Kier alpha value is -3.78. The van der Waals surface area contributed by atoms with Crippen molar-refractivity contribution in [3.63, 3.8) is 0 Å². The zero-order chi connectivity index (χ0) is 22.3. The lowest BCUT2D eigenvalue weighted by molar-refractivity contribution is -0.113. The van der Waals surface area contributed by atoms with Gasteiger partial charge >= 0.3 is 0 Å². The molecule has 4 rings (SSSR count). The average molecular weight is 448 g/mol. The number of nitrogens with one attached hydrogen (secondary N) is 2. The average Bonchev–Trinajstić information content (AvgIpc) is 3.23. The van der Waals surface area contributed by atoms with Crippen molar-refractivity contribution in [2.45, 2.75) is 12.1 Å². The molecule has 0 unspecified atom stereocenters. The summed E-state index contributed by atoms with van der Waals surface area (Å²) in [6.45, 7) is 2.48. The molecule has 0 aliphatic heterocycles. The van der Waals surface area contributed by atoms with E-state index in [1.54, 1.807) is 48.5 Å². The summed E-state index contributed by atoms with van der Waals surface area (Å²) in [7, 11) is 0. The number of anilines is 2. The van der Waals surface area contributed by atoms with Crippen molar-refractivity contribution in [2.75, 3.05) is 23.0 Å². The van der Waals surface area contributed by atoms with Gasteiger partial charge in [0.05, 0.1) is 23.6 Å². The molecule has 3 aromatic carbocycles. The van der Waals surface area contributed by atoms with Gasteiger partial charge in [0.1, 0.15) is 11.3 Å². The number of nitrogens with zero attached hydrogens (tertiary/aromatic N) is 1. The van der Waals surface area contributed by atoms with E-state index in [0.717, 1.165) is 11.3 Å². The maximum absolute atomic E-state index is 12.8. The van der Waals surface area contributed by atoms with Gasteiger partial charge in [-0.05, 0) is 55.5 Å². The molecule has 0 spiro atoms. The van der Waals surface area contributed by atoms with E-state index in [4.69, 9.17) is 9.15 Å². The molecule has 2 N–H and O–H groups in total. The number of aromatic nitrogens is 1. The molecule has 0 aliphatic rings. The molecule has 7 nitrogen and oxygen atoms in total. The molecule has 8 heteroatoms. The number of ether oxygens (including phenoxy) is 1. The van der Waals surface area contributed by atoms with Crippen LogP contribution < -0.4 is 15.4 Å². The lowest BCUT2D eigenvalue weighted by Gasteiger charge is -2.11. The van der Waals surface area contributed by atoms with Crippen LogP contribution in [0.3, 0.4) is 0 Å². The molecular weight excluding hydrogens is 426 g/mol. The highest BCUT2D eigenvalue weighted by Gasteiger charge is 2.15. The SMILES string of the molecule is CCOc1ccc(NC(=O)c2ccccc2NC(=O)CSc2nc3ccccc3o2)cc1. The summed E-state index contributed by atoms with van der Waals surface area (Å²) >= 11 is 1.19. The number of oxazole rings is 1. The van der Waals surface area contributed by atoms with Gasteiger partial charge in [-0.15, -0.1) is 0 Å². The smallest absolute Gasteiger partial charge is 0.257 e. The number of fused-ring (bicyclic) bond motifs is 1. The van der Waals surface area contributed by atoms with Gasteiger partial charge in [0, 0.05) is 5.69 Å². The molecule has 4 aromatic rings. The second kappa shape index (κ2) is 10.0. The number of hydrogen-bond donors (Lipinski definition) is 2. The molecule has 1 aromatic heterocycles. The Bertz CT molecular complexity index is 1200. The number of amides is 2. The first kappa shape index (κ1) is 21.5. The van der Waals surface area contributed by atoms with Gasteiger partial charge in [-0.25, -0.2) is 4.98 Å². The molecule has 2 amide bonds. The molecular formula is C24H21N3O4S. The van der Waals surface area contributed by atoms with Crippen LogP contribution in [0.5, 0.6) is 5.75 Å². The molecule has 0 atom stereocenters. The molecule has 0 aliphatic carbocycles. The standard InChI is InChI=1S/C24H21N3O4S/c1-2-30-17-13-11-16(12-14-17)25-23(29)18-7-3-4-8-19(18)26-22(28)15-32-24-27-20-9-5-6-10-21(20)31-24/h3-14H,2,15H2,1H3,(H,25,29)(H,26,28). The van der Waals surface area contributed by atoms with Crippen LogP contribution in [-0.4, -0.2) is 29.2 Å². The maximum atomic E-state index is 12.8. The summed E-state index contributed by atoms with van der Waals surface area (Å²) in [4.78, 5) is 29.6. The van der Waals surface area contributed by atoms with Crippen molar-refractivity contribution in [3.05, 3.63) is 78.4 Å². The second-order valence-corrected chi connectivity index (χ2v) is 7.67. The Labute approximate surface area is 189 Å². The number of carbonyl (C=O) groups is 2.